The number of amides is 2. The number of ether oxygens (including phenoxy) is 10. The lowest BCUT2D eigenvalue weighted by atomic mass is 10.1. The van der Waals surface area contributed by atoms with Gasteiger partial charge in [0.25, 0.3) is 0 Å². The summed E-state index contributed by atoms with van der Waals surface area (Å²) in [5.41, 5.74) is 19.8. The molecular weight excluding hydrogens is 1830 g/mol. The van der Waals surface area contributed by atoms with Crippen molar-refractivity contribution in [3.63, 3.8) is 0 Å². The van der Waals surface area contributed by atoms with Gasteiger partial charge in [-0.15, -0.1) is 0 Å². The van der Waals surface area contributed by atoms with Gasteiger partial charge in [0.15, 0.2) is 0 Å². The number of anilines is 9. The van der Waals surface area contributed by atoms with Crippen LogP contribution >= 0.6 is 0 Å². The molecule has 0 spiro atoms. The molecule has 9 rings (SSSR count). The second-order valence-electron chi connectivity index (χ2n) is 29.8. The first kappa shape index (κ1) is 125. The highest BCUT2D eigenvalue weighted by Crippen LogP contribution is 2.18. The topological polar surface area (TPSA) is 436 Å². The zero-order valence-corrected chi connectivity index (χ0v) is 84.2. The van der Waals surface area contributed by atoms with Crippen LogP contribution in [0.25, 0.3) is 0 Å². The number of aliphatic hydroxyl groups is 2. The molecule has 9 aromatic rings. The number of esters is 8. The molecule has 0 unspecified atom stereocenters. The van der Waals surface area contributed by atoms with E-state index < -0.39 is 36.1 Å². The maximum Gasteiger partial charge on any atom is 0.407 e. The van der Waals surface area contributed by atoms with E-state index in [2.05, 4.69) is 105 Å². The van der Waals surface area contributed by atoms with Crippen LogP contribution in [0.2, 0.25) is 0 Å². The van der Waals surface area contributed by atoms with Gasteiger partial charge >= 0.3 is 59.9 Å². The quantitative estimate of drug-likeness (QED) is 0.00729. The van der Waals surface area contributed by atoms with Gasteiger partial charge in [0.1, 0.15) is 39.6 Å². The lowest BCUT2D eigenvalue weighted by molar-refractivity contribution is -0.145. The average molecular weight is 1970 g/mol. The van der Waals surface area contributed by atoms with Crippen molar-refractivity contribution in [2.75, 3.05) is 171 Å². The van der Waals surface area contributed by atoms with Gasteiger partial charge in [-0.25, -0.2) is 43.2 Å². The number of benzene rings is 9. The van der Waals surface area contributed by atoms with Crippen molar-refractivity contribution in [3.8, 4) is 0 Å². The Morgan fingerprint density at radius 3 is 0.748 bits per heavy atom. The Kier molecular flexibility index (Phi) is 68.4. The van der Waals surface area contributed by atoms with Crippen LogP contribution in [0.15, 0.2) is 305 Å². The number of carbonyl (C=O) groups is 10. The van der Waals surface area contributed by atoms with Gasteiger partial charge in [-0.05, 0) is 193 Å². The zero-order chi connectivity index (χ0) is 106. The Bertz CT molecular complexity index is 5210. The maximum absolute atomic E-state index is 11.5. The lowest BCUT2D eigenvalue weighted by Gasteiger charge is -2.08. The molecule has 0 atom stereocenters. The number of rotatable bonds is 46. The molecule has 9 aromatic carbocycles. The molecule has 0 aliphatic rings. The molecule has 0 aliphatic heterocycles. The van der Waals surface area contributed by atoms with E-state index in [0.29, 0.717) is 49.4 Å². The first-order chi connectivity index (χ1) is 68.8. The van der Waals surface area contributed by atoms with Gasteiger partial charge in [0, 0.05) is 188 Å². The van der Waals surface area contributed by atoms with Gasteiger partial charge in [-0.3, -0.25) is 4.79 Å². The summed E-state index contributed by atoms with van der Waals surface area (Å²) in [6, 6.07) is 70.1. The van der Waals surface area contributed by atoms with Gasteiger partial charge in [0.05, 0.1) is 46.1 Å². The Morgan fingerprint density at radius 1 is 0.259 bits per heavy atom. The minimum absolute atomic E-state index is 0.0802. The number of hydrogen-bond donors (Lipinski definition) is 13. The Balaban J connectivity index is 0.000000811. The minimum Gasteiger partial charge on any atom is -0.465 e. The molecule has 0 saturated carbocycles. The van der Waals surface area contributed by atoms with Crippen LogP contribution in [0.3, 0.4) is 0 Å². The highest BCUT2D eigenvalue weighted by molar-refractivity contribution is 5.88. The van der Waals surface area contributed by atoms with Gasteiger partial charge < -0.3 is 116 Å². The number of alkyl carbamates (subject to hydrolysis) is 2. The molecule has 0 saturated heterocycles. The SMILES string of the molecule is C=C(C)C(=O)OCCNC(=O)OCc1ccc(NC)cc1.C=C(C)C(=O)OCCc1ccc(NC)cc1.C=C(C)C(=O)OCc1ccc(NC)cc1.C=CC(=O)OCCCC(=O)OCCc1ccc(NC)cc1.C=CC(=O)OCCNC(=O)OCc1ccc(NC)cc1.C=CC(=O)OCCc1ccc(NC)cc1.C=CC(=O)OCc1ccc(NC)cc1.CNc1ccc(CCO)cc1.CNc1ccc(CO)cc1. The van der Waals surface area contributed by atoms with Crippen molar-refractivity contribution in [2.45, 2.75) is 92.3 Å². The summed E-state index contributed by atoms with van der Waals surface area (Å²) in [4.78, 5) is 111. The second kappa shape index (κ2) is 78.5. The molecule has 0 fully saturated rings. The standard InChI is InChI=1S/C16H21NO4.C15H20N2O4.C14H18N2O4.C13H17NO2.2C12H15NO2.C11H13NO2.C9H13NO.C8H11NO/c1-3-15(18)20-11-4-5-16(19)21-12-10-13-6-8-14(17-2)9-7-13;1-11(2)14(18)20-9-8-17-15(19)21-10-12-4-6-13(16-3)7-5-12;1-3-13(17)19-9-8-16-14(18)20-10-11-4-6-12(15-2)7-5-11;1-10(2)13(15)16-9-8-11-4-6-12(14-3)7-5-11;1-9(2)12(14)15-8-10-4-6-11(13-3)7-5-10;1-3-12(14)15-9-8-10-4-6-11(13-2)7-5-10;1-3-11(13)14-8-9-4-6-10(12-2)7-5-9;1-10-9-4-2-8(3-5-9)6-7-11;1-9-8-4-2-7(6-10)3-5-8/h3,6-9,17H,1,4-5,10-12H2,2H3;4-7,16H,1,8-10H2,2-3H3,(H,17,19);3-7,15H,1,8-10H2,2H3,(H,16,18);4-7,14H,1,8-9H2,2-3H3;4-7,13H,1,8H2,2-3H3;3-7,13H,1,8-9H2,2H3;3-7,12H,1,8H2,2H3;2-5,10-11H,6-7H2,1H3;2-5,9-10H,6H2,1H3. The van der Waals surface area contributed by atoms with E-state index in [1.807, 2.05) is 282 Å². The molecule has 0 bridgehead atoms. The number of hydrogen-bond acceptors (Lipinski definition) is 31. The lowest BCUT2D eigenvalue weighted by Crippen LogP contribution is -2.28. The fraction of sp³-hybridized carbons (Fsp3) is 0.291. The third-order valence-electron chi connectivity index (χ3n) is 18.9. The number of nitrogens with one attached hydrogen (secondary N) is 11. The highest BCUT2D eigenvalue weighted by atomic mass is 16.6. The third-order valence-corrected chi connectivity index (χ3v) is 18.9. The fourth-order valence-corrected chi connectivity index (χ4v) is 10.5. The molecule has 0 radical (unpaired) electrons. The smallest absolute Gasteiger partial charge is 0.407 e. The summed E-state index contributed by atoms with van der Waals surface area (Å²) in [6.45, 7) is 31.7. The van der Waals surface area contributed by atoms with Crippen molar-refractivity contribution in [1.29, 1.82) is 0 Å². The van der Waals surface area contributed by atoms with E-state index in [1.165, 1.54) is 11.6 Å². The summed E-state index contributed by atoms with van der Waals surface area (Å²) < 4.78 is 49.2. The summed E-state index contributed by atoms with van der Waals surface area (Å²) in [7, 11) is 16.8. The van der Waals surface area contributed by atoms with E-state index >= 15 is 0 Å². The Hall–Kier alpha value is -16.4. The van der Waals surface area contributed by atoms with E-state index in [0.717, 1.165) is 133 Å². The van der Waals surface area contributed by atoms with Crippen molar-refractivity contribution in [3.05, 3.63) is 356 Å². The first-order valence-corrected chi connectivity index (χ1v) is 45.6. The molecule has 143 heavy (non-hydrogen) atoms. The average Bonchev–Trinajstić information content (AvgIpc) is 0.972. The summed E-state index contributed by atoms with van der Waals surface area (Å²) >= 11 is 0. The van der Waals surface area contributed by atoms with E-state index in [-0.39, 0.29) is 103 Å². The third kappa shape index (κ3) is 62.2. The van der Waals surface area contributed by atoms with Crippen LogP contribution in [0.1, 0.15) is 83.7 Å². The van der Waals surface area contributed by atoms with Crippen LogP contribution in [0.4, 0.5) is 60.8 Å². The molecule has 770 valence electrons. The molecule has 0 aliphatic carbocycles. The number of aliphatic hydroxyl groups excluding tert-OH is 2. The van der Waals surface area contributed by atoms with Gasteiger partial charge in [-0.2, -0.15) is 0 Å². The molecule has 0 aromatic heterocycles. The molecule has 2 amide bonds. The second-order valence-corrected chi connectivity index (χ2v) is 29.8. The molecule has 0 heterocycles. The van der Waals surface area contributed by atoms with Crippen LogP contribution < -0.4 is 58.5 Å². The number of carbonyl (C=O) groups excluding carboxylic acids is 10. The Morgan fingerprint density at radius 2 is 0.476 bits per heavy atom. The van der Waals surface area contributed by atoms with E-state index in [1.54, 1.807) is 20.8 Å². The monoisotopic (exact) mass is 1970 g/mol. The summed E-state index contributed by atoms with van der Waals surface area (Å²) in [5, 5.41) is 49.5. The summed E-state index contributed by atoms with van der Waals surface area (Å²) in [5.74, 6) is -3.21. The van der Waals surface area contributed by atoms with E-state index in [4.69, 9.17) is 57.6 Å². The largest absolute Gasteiger partial charge is 0.465 e. The zero-order valence-electron chi connectivity index (χ0n) is 84.2. The summed E-state index contributed by atoms with van der Waals surface area (Å²) in [6.07, 6.45) is 6.93. The van der Waals surface area contributed by atoms with Crippen LogP contribution in [-0.4, -0.2) is 193 Å². The molecule has 13 N–H and O–H groups in total. The van der Waals surface area contributed by atoms with Crippen molar-refractivity contribution in [1.82, 2.24) is 10.6 Å². The van der Waals surface area contributed by atoms with E-state index in [9.17, 15) is 47.9 Å². The predicted molar refractivity (Wildman–Crippen MR) is 568 cm³/mol. The van der Waals surface area contributed by atoms with Gasteiger partial charge in [-0.1, -0.05) is 155 Å². The molecular formula is C110H143N11O22. The maximum atomic E-state index is 11.5. The molecule has 33 nitrogen and oxygen atoms in total. The molecule has 33 heteroatoms. The minimum atomic E-state index is -0.558. The van der Waals surface area contributed by atoms with Crippen molar-refractivity contribution < 1.29 is 106 Å². The van der Waals surface area contributed by atoms with Crippen LogP contribution in [0.5, 0.6) is 0 Å². The Labute approximate surface area is 841 Å². The van der Waals surface area contributed by atoms with Crippen LogP contribution in [-0.2, 0) is 144 Å². The highest BCUT2D eigenvalue weighted by Gasteiger charge is 2.11. The van der Waals surface area contributed by atoms with Crippen molar-refractivity contribution >= 4 is 111 Å². The van der Waals surface area contributed by atoms with Gasteiger partial charge in [0.2, 0.25) is 0 Å². The normalized spacial score (nSPS) is 9.52. The van der Waals surface area contributed by atoms with Crippen molar-refractivity contribution in [2.24, 2.45) is 0 Å². The predicted octanol–water partition coefficient (Wildman–Crippen LogP) is 17.3. The first-order valence-electron chi connectivity index (χ1n) is 45.6. The fourth-order valence-electron chi connectivity index (χ4n) is 10.5. The van der Waals surface area contributed by atoms with Crippen LogP contribution in [0, 0.1) is 0 Å².